The molecular weight excluding hydrogens is 264 g/mol. The number of unbranched alkanes of at least 4 members (excludes halogenated alkanes) is 2. The molecule has 2 rings (SSSR count). The molecule has 1 saturated carbocycles. The summed E-state index contributed by atoms with van der Waals surface area (Å²) < 4.78 is 0. The monoisotopic (exact) mass is 290 g/mol. The van der Waals surface area contributed by atoms with Crippen LogP contribution in [0, 0.1) is 12.3 Å². The summed E-state index contributed by atoms with van der Waals surface area (Å²) in [5.41, 5.74) is -0.618. The fraction of sp³-hybridized carbons (Fsp3) is 0.765. The van der Waals surface area contributed by atoms with Gasteiger partial charge in [-0.15, -0.1) is 12.3 Å². The zero-order valence-electron chi connectivity index (χ0n) is 13.0. The topological polar surface area (TPSA) is 49.4 Å². The van der Waals surface area contributed by atoms with Gasteiger partial charge in [-0.3, -0.25) is 9.59 Å². The Balaban J connectivity index is 2.11. The molecule has 0 radical (unpaired) electrons. The zero-order chi connectivity index (χ0) is 15.3. The third-order valence-electron chi connectivity index (χ3n) is 4.78. The Kier molecular flexibility index (Phi) is 5.27. The van der Waals surface area contributed by atoms with Crippen molar-refractivity contribution in [3.63, 3.8) is 0 Å². The van der Waals surface area contributed by atoms with Crippen LogP contribution < -0.4 is 5.32 Å². The molecule has 1 heterocycles. The van der Waals surface area contributed by atoms with Gasteiger partial charge in [-0.25, -0.2) is 0 Å². The van der Waals surface area contributed by atoms with E-state index in [0.717, 1.165) is 51.4 Å². The molecule has 1 spiro atoms. The van der Waals surface area contributed by atoms with E-state index in [4.69, 9.17) is 6.42 Å². The average molecular weight is 290 g/mol. The van der Waals surface area contributed by atoms with Crippen LogP contribution in [0.15, 0.2) is 0 Å². The van der Waals surface area contributed by atoms with Gasteiger partial charge >= 0.3 is 0 Å². The Morgan fingerprint density at radius 3 is 2.62 bits per heavy atom. The number of piperazine rings is 1. The molecule has 0 aromatic rings. The third kappa shape index (κ3) is 3.23. The van der Waals surface area contributed by atoms with Crippen molar-refractivity contribution in [1.29, 1.82) is 0 Å². The van der Waals surface area contributed by atoms with E-state index >= 15 is 0 Å². The van der Waals surface area contributed by atoms with Gasteiger partial charge in [0.2, 0.25) is 11.8 Å². The normalized spacial score (nSPS) is 24.8. The Morgan fingerprint density at radius 2 is 2.00 bits per heavy atom. The maximum Gasteiger partial charge on any atom is 0.249 e. The molecule has 1 atom stereocenters. The molecule has 116 valence electrons. The van der Waals surface area contributed by atoms with Gasteiger partial charge in [-0.1, -0.05) is 26.2 Å². The van der Waals surface area contributed by atoms with Gasteiger partial charge in [0, 0.05) is 13.0 Å². The summed E-state index contributed by atoms with van der Waals surface area (Å²) in [5, 5.41) is 3.05. The molecule has 0 bridgehead atoms. The predicted molar refractivity (Wildman–Crippen MR) is 82.4 cm³/mol. The highest BCUT2D eigenvalue weighted by atomic mass is 16.2. The van der Waals surface area contributed by atoms with Gasteiger partial charge in [-0.2, -0.15) is 0 Å². The highest BCUT2D eigenvalue weighted by Gasteiger charge is 2.50. The zero-order valence-corrected chi connectivity index (χ0v) is 13.0. The first-order valence-corrected chi connectivity index (χ1v) is 8.21. The molecule has 2 amide bonds. The molecule has 1 aliphatic heterocycles. The van der Waals surface area contributed by atoms with E-state index < -0.39 is 5.54 Å². The van der Waals surface area contributed by atoms with Gasteiger partial charge in [0.25, 0.3) is 0 Å². The van der Waals surface area contributed by atoms with Gasteiger partial charge in [0.05, 0.1) is 0 Å². The summed E-state index contributed by atoms with van der Waals surface area (Å²) in [6.07, 6.45) is 13.2. The second-order valence-corrected chi connectivity index (χ2v) is 6.22. The van der Waals surface area contributed by atoms with E-state index in [1.807, 2.05) is 11.8 Å². The first-order valence-electron chi connectivity index (χ1n) is 8.21. The van der Waals surface area contributed by atoms with Crippen LogP contribution in [0.5, 0.6) is 0 Å². The Bertz CT molecular complexity index is 433. The van der Waals surface area contributed by atoms with Crippen molar-refractivity contribution >= 4 is 11.8 Å². The van der Waals surface area contributed by atoms with Crippen LogP contribution in [-0.2, 0) is 9.59 Å². The minimum absolute atomic E-state index is 0.0240. The molecule has 1 aliphatic carbocycles. The second kappa shape index (κ2) is 6.98. The number of hydrogen-bond acceptors (Lipinski definition) is 2. The molecule has 0 aromatic carbocycles. The van der Waals surface area contributed by atoms with Gasteiger partial charge in [-0.05, 0) is 32.1 Å². The van der Waals surface area contributed by atoms with Crippen molar-refractivity contribution < 1.29 is 9.59 Å². The number of terminal acetylenes is 1. The quantitative estimate of drug-likeness (QED) is 0.623. The van der Waals surface area contributed by atoms with E-state index in [1.54, 1.807) is 0 Å². The van der Waals surface area contributed by atoms with Crippen LogP contribution in [-0.4, -0.2) is 34.8 Å². The van der Waals surface area contributed by atoms with Gasteiger partial charge in [0.15, 0.2) is 0 Å². The minimum atomic E-state index is -0.618. The summed E-state index contributed by atoms with van der Waals surface area (Å²) in [6, 6.07) is -0.309. The predicted octanol–water partition coefficient (Wildman–Crippen LogP) is 2.23. The lowest BCUT2D eigenvalue weighted by Gasteiger charge is -2.47. The molecule has 1 unspecified atom stereocenters. The number of carbonyl (C=O) groups excluding carboxylic acids is 2. The molecule has 0 aromatic heterocycles. The SMILES string of the molecule is C#CCCCCN1C(=O)C2(CCCCC2)NC(=O)C1CC. The molecule has 2 aliphatic rings. The molecule has 1 saturated heterocycles. The first kappa shape index (κ1) is 15.9. The lowest BCUT2D eigenvalue weighted by molar-refractivity contribution is -0.156. The van der Waals surface area contributed by atoms with Gasteiger partial charge < -0.3 is 10.2 Å². The third-order valence-corrected chi connectivity index (χ3v) is 4.78. The smallest absolute Gasteiger partial charge is 0.249 e. The van der Waals surface area contributed by atoms with Crippen LogP contribution in [0.4, 0.5) is 0 Å². The lowest BCUT2D eigenvalue weighted by atomic mass is 9.78. The maximum atomic E-state index is 13.0. The number of nitrogens with zero attached hydrogens (tertiary/aromatic N) is 1. The molecule has 2 fully saturated rings. The van der Waals surface area contributed by atoms with Crippen LogP contribution in [0.2, 0.25) is 0 Å². The van der Waals surface area contributed by atoms with E-state index in [0.29, 0.717) is 13.0 Å². The Labute approximate surface area is 127 Å². The maximum absolute atomic E-state index is 13.0. The summed E-state index contributed by atoms with van der Waals surface area (Å²) in [6.45, 7) is 2.61. The van der Waals surface area contributed by atoms with Crippen molar-refractivity contribution in [3.05, 3.63) is 0 Å². The van der Waals surface area contributed by atoms with Crippen LogP contribution in [0.25, 0.3) is 0 Å². The van der Waals surface area contributed by atoms with Crippen molar-refractivity contribution in [3.8, 4) is 12.3 Å². The summed E-state index contributed by atoms with van der Waals surface area (Å²) in [7, 11) is 0. The second-order valence-electron chi connectivity index (χ2n) is 6.22. The molecule has 4 nitrogen and oxygen atoms in total. The molecule has 21 heavy (non-hydrogen) atoms. The molecule has 1 N–H and O–H groups in total. The number of carbonyl (C=O) groups is 2. The van der Waals surface area contributed by atoms with Crippen LogP contribution in [0.1, 0.15) is 64.7 Å². The fourth-order valence-corrected chi connectivity index (χ4v) is 3.60. The van der Waals surface area contributed by atoms with E-state index in [2.05, 4.69) is 11.2 Å². The highest BCUT2D eigenvalue weighted by Crippen LogP contribution is 2.33. The van der Waals surface area contributed by atoms with Gasteiger partial charge in [0.1, 0.15) is 11.6 Å². The van der Waals surface area contributed by atoms with E-state index in [1.165, 1.54) is 0 Å². The van der Waals surface area contributed by atoms with Crippen LogP contribution >= 0.6 is 0 Å². The number of rotatable bonds is 5. The highest BCUT2D eigenvalue weighted by molar-refractivity contribution is 5.99. The number of amides is 2. The largest absolute Gasteiger partial charge is 0.340 e. The molecule has 4 heteroatoms. The van der Waals surface area contributed by atoms with Crippen molar-refractivity contribution in [2.45, 2.75) is 76.3 Å². The average Bonchev–Trinajstić information content (AvgIpc) is 2.49. The summed E-state index contributed by atoms with van der Waals surface area (Å²) in [5.74, 6) is 2.78. The fourth-order valence-electron chi connectivity index (χ4n) is 3.60. The lowest BCUT2D eigenvalue weighted by Crippen LogP contribution is -2.70. The van der Waals surface area contributed by atoms with E-state index in [-0.39, 0.29) is 17.9 Å². The Hall–Kier alpha value is -1.50. The standard InChI is InChI=1S/C17H26N2O2/c1-3-5-6-10-13-19-14(4-2)15(20)18-17(16(19)21)11-8-7-9-12-17/h1,14H,4-13H2,2H3,(H,18,20). The summed E-state index contributed by atoms with van der Waals surface area (Å²) >= 11 is 0. The van der Waals surface area contributed by atoms with Crippen molar-refractivity contribution in [2.75, 3.05) is 6.54 Å². The Morgan fingerprint density at radius 1 is 1.29 bits per heavy atom. The van der Waals surface area contributed by atoms with Crippen molar-refractivity contribution in [2.24, 2.45) is 0 Å². The number of nitrogens with one attached hydrogen (secondary N) is 1. The minimum Gasteiger partial charge on any atom is -0.340 e. The molecular formula is C17H26N2O2. The number of hydrogen-bond donors (Lipinski definition) is 1. The van der Waals surface area contributed by atoms with Crippen molar-refractivity contribution in [1.82, 2.24) is 10.2 Å². The van der Waals surface area contributed by atoms with E-state index in [9.17, 15) is 9.59 Å². The summed E-state index contributed by atoms with van der Waals surface area (Å²) in [4.78, 5) is 27.2. The first-order chi connectivity index (χ1) is 10.1. The van der Waals surface area contributed by atoms with Crippen LogP contribution in [0.3, 0.4) is 0 Å².